The molecule has 0 aliphatic heterocycles. The molecule has 15 heavy (non-hydrogen) atoms. The van der Waals surface area contributed by atoms with Crippen molar-refractivity contribution in [3.63, 3.8) is 0 Å². The minimum absolute atomic E-state index is 0.0901. The van der Waals surface area contributed by atoms with Crippen molar-refractivity contribution in [3.05, 3.63) is 28.8 Å². The minimum atomic E-state index is -4.58. The lowest BCUT2D eigenvalue weighted by Gasteiger charge is -2.12. The number of phenolic OH excluding ortho intramolecular Hbond substituents is 1. The standard InChI is InChI=1S/C10H9F3O2/c1-5-3-8(10(11,12)13)7(6(2)14)4-9(5)15/h3-4,15H,1-2H3. The van der Waals surface area contributed by atoms with E-state index in [1.54, 1.807) is 0 Å². The lowest BCUT2D eigenvalue weighted by molar-refractivity contribution is -0.137. The van der Waals surface area contributed by atoms with Gasteiger partial charge in [-0.05, 0) is 31.5 Å². The van der Waals surface area contributed by atoms with Crippen molar-refractivity contribution in [3.8, 4) is 5.75 Å². The van der Waals surface area contributed by atoms with E-state index in [2.05, 4.69) is 0 Å². The Morgan fingerprint density at radius 1 is 1.33 bits per heavy atom. The third kappa shape index (κ3) is 2.29. The lowest BCUT2D eigenvalue weighted by Crippen LogP contribution is -2.12. The van der Waals surface area contributed by atoms with Crippen LogP contribution in [0.25, 0.3) is 0 Å². The third-order valence-electron chi connectivity index (χ3n) is 2.02. The molecule has 0 radical (unpaired) electrons. The van der Waals surface area contributed by atoms with Gasteiger partial charge in [-0.3, -0.25) is 4.79 Å². The summed E-state index contributed by atoms with van der Waals surface area (Å²) in [7, 11) is 0. The number of carbonyl (C=O) groups is 1. The summed E-state index contributed by atoms with van der Waals surface area (Å²) in [6.45, 7) is 2.37. The van der Waals surface area contributed by atoms with E-state index in [1.165, 1.54) is 6.92 Å². The highest BCUT2D eigenvalue weighted by Crippen LogP contribution is 2.35. The molecule has 0 fully saturated rings. The maximum absolute atomic E-state index is 12.5. The van der Waals surface area contributed by atoms with Crippen LogP contribution in [-0.4, -0.2) is 10.9 Å². The number of hydrogen-bond acceptors (Lipinski definition) is 2. The molecule has 0 saturated heterocycles. The first kappa shape index (κ1) is 11.6. The molecule has 1 rings (SSSR count). The molecule has 0 spiro atoms. The summed E-state index contributed by atoms with van der Waals surface area (Å²) in [6.07, 6.45) is -4.58. The van der Waals surface area contributed by atoms with E-state index in [0.717, 1.165) is 19.1 Å². The molecule has 2 nitrogen and oxygen atoms in total. The van der Waals surface area contributed by atoms with Gasteiger partial charge in [0.1, 0.15) is 5.75 Å². The van der Waals surface area contributed by atoms with Crippen molar-refractivity contribution in [1.82, 2.24) is 0 Å². The molecule has 0 aromatic heterocycles. The van der Waals surface area contributed by atoms with Crippen molar-refractivity contribution < 1.29 is 23.1 Å². The van der Waals surface area contributed by atoms with Gasteiger partial charge < -0.3 is 5.11 Å². The minimum Gasteiger partial charge on any atom is -0.508 e. The number of aryl methyl sites for hydroxylation is 1. The number of halogens is 3. The van der Waals surface area contributed by atoms with Gasteiger partial charge in [0.15, 0.2) is 5.78 Å². The van der Waals surface area contributed by atoms with E-state index < -0.39 is 23.1 Å². The molecular formula is C10H9F3O2. The zero-order chi connectivity index (χ0) is 11.8. The molecule has 0 atom stereocenters. The molecule has 0 bridgehead atoms. The van der Waals surface area contributed by atoms with Crippen molar-refractivity contribution in [1.29, 1.82) is 0 Å². The number of aromatic hydroxyl groups is 1. The smallest absolute Gasteiger partial charge is 0.417 e. The van der Waals surface area contributed by atoms with Crippen LogP contribution in [0.2, 0.25) is 0 Å². The summed E-state index contributed by atoms with van der Waals surface area (Å²) in [5.74, 6) is -1.04. The zero-order valence-electron chi connectivity index (χ0n) is 8.14. The Bertz CT molecular complexity index is 408. The second kappa shape index (κ2) is 3.56. The van der Waals surface area contributed by atoms with Crippen LogP contribution in [0.1, 0.15) is 28.4 Å². The average Bonchev–Trinajstić information content (AvgIpc) is 2.06. The fourth-order valence-corrected chi connectivity index (χ4v) is 1.22. The first-order valence-corrected chi connectivity index (χ1v) is 4.15. The molecule has 0 unspecified atom stereocenters. The van der Waals surface area contributed by atoms with Crippen molar-refractivity contribution >= 4 is 5.78 Å². The zero-order valence-corrected chi connectivity index (χ0v) is 8.14. The molecule has 1 aromatic carbocycles. The van der Waals surface area contributed by atoms with Crippen LogP contribution < -0.4 is 0 Å². The molecule has 5 heteroatoms. The van der Waals surface area contributed by atoms with Gasteiger partial charge >= 0.3 is 6.18 Å². The van der Waals surface area contributed by atoms with Gasteiger partial charge in [-0.25, -0.2) is 0 Å². The van der Waals surface area contributed by atoms with Gasteiger partial charge in [0, 0.05) is 5.56 Å². The number of phenols is 1. The van der Waals surface area contributed by atoms with Crippen LogP contribution in [0.4, 0.5) is 13.2 Å². The average molecular weight is 218 g/mol. The molecule has 82 valence electrons. The number of Topliss-reactive ketones (excluding diaryl/α,β-unsaturated/α-hetero) is 1. The Labute approximate surface area is 84.3 Å². The fraction of sp³-hybridized carbons (Fsp3) is 0.300. The van der Waals surface area contributed by atoms with Gasteiger partial charge in [-0.1, -0.05) is 0 Å². The lowest BCUT2D eigenvalue weighted by atomic mass is 10.0. The van der Waals surface area contributed by atoms with E-state index in [0.29, 0.717) is 0 Å². The summed E-state index contributed by atoms with van der Waals surface area (Å²) < 4.78 is 37.5. The molecular weight excluding hydrogens is 209 g/mol. The Morgan fingerprint density at radius 3 is 2.27 bits per heavy atom. The Kier molecular flexibility index (Phi) is 2.75. The number of ketones is 1. The first-order valence-electron chi connectivity index (χ1n) is 4.15. The second-order valence-electron chi connectivity index (χ2n) is 3.24. The monoisotopic (exact) mass is 218 g/mol. The van der Waals surface area contributed by atoms with Gasteiger partial charge in [0.05, 0.1) is 5.56 Å². The van der Waals surface area contributed by atoms with Crippen LogP contribution in [0, 0.1) is 6.92 Å². The largest absolute Gasteiger partial charge is 0.508 e. The van der Waals surface area contributed by atoms with Gasteiger partial charge in [0.2, 0.25) is 0 Å². The highest BCUT2D eigenvalue weighted by atomic mass is 19.4. The number of hydrogen-bond donors (Lipinski definition) is 1. The third-order valence-corrected chi connectivity index (χ3v) is 2.02. The topological polar surface area (TPSA) is 37.3 Å². The molecule has 0 saturated carbocycles. The highest BCUT2D eigenvalue weighted by molar-refractivity contribution is 5.96. The Hall–Kier alpha value is -1.52. The van der Waals surface area contributed by atoms with Crippen LogP contribution in [-0.2, 0) is 6.18 Å². The fourth-order valence-electron chi connectivity index (χ4n) is 1.22. The number of benzene rings is 1. The molecule has 1 N–H and O–H groups in total. The second-order valence-corrected chi connectivity index (χ2v) is 3.24. The maximum atomic E-state index is 12.5. The summed E-state index contributed by atoms with van der Waals surface area (Å²) >= 11 is 0. The predicted molar refractivity (Wildman–Crippen MR) is 47.9 cm³/mol. The maximum Gasteiger partial charge on any atom is 0.417 e. The number of alkyl halides is 3. The molecule has 0 heterocycles. The van der Waals surface area contributed by atoms with Crippen molar-refractivity contribution in [2.45, 2.75) is 20.0 Å². The normalized spacial score (nSPS) is 11.5. The SMILES string of the molecule is CC(=O)c1cc(O)c(C)cc1C(F)(F)F. The Morgan fingerprint density at radius 2 is 1.87 bits per heavy atom. The summed E-state index contributed by atoms with van der Waals surface area (Å²) in [4.78, 5) is 11.0. The van der Waals surface area contributed by atoms with E-state index in [9.17, 15) is 23.1 Å². The van der Waals surface area contributed by atoms with Gasteiger partial charge in [-0.2, -0.15) is 13.2 Å². The number of rotatable bonds is 1. The van der Waals surface area contributed by atoms with Crippen LogP contribution >= 0.6 is 0 Å². The molecule has 0 aliphatic carbocycles. The molecule has 0 amide bonds. The quantitative estimate of drug-likeness (QED) is 0.736. The van der Waals surface area contributed by atoms with Gasteiger partial charge in [0.25, 0.3) is 0 Å². The summed E-state index contributed by atoms with van der Waals surface area (Å²) in [5.41, 5.74) is -1.43. The van der Waals surface area contributed by atoms with Gasteiger partial charge in [-0.15, -0.1) is 0 Å². The van der Waals surface area contributed by atoms with Crippen molar-refractivity contribution in [2.75, 3.05) is 0 Å². The van der Waals surface area contributed by atoms with Crippen molar-refractivity contribution in [2.24, 2.45) is 0 Å². The summed E-state index contributed by atoms with van der Waals surface area (Å²) in [5, 5.41) is 9.22. The van der Waals surface area contributed by atoms with Crippen LogP contribution in [0.5, 0.6) is 5.75 Å². The Balaban J connectivity index is 3.49. The van der Waals surface area contributed by atoms with E-state index in [4.69, 9.17) is 0 Å². The molecule has 1 aromatic rings. The van der Waals surface area contributed by atoms with E-state index in [-0.39, 0.29) is 11.3 Å². The first-order chi connectivity index (χ1) is 6.73. The summed E-state index contributed by atoms with van der Waals surface area (Å²) in [6, 6.07) is 1.62. The highest BCUT2D eigenvalue weighted by Gasteiger charge is 2.35. The van der Waals surface area contributed by atoms with E-state index in [1.807, 2.05) is 0 Å². The number of carbonyl (C=O) groups excluding carboxylic acids is 1. The van der Waals surface area contributed by atoms with Crippen LogP contribution in [0.3, 0.4) is 0 Å². The van der Waals surface area contributed by atoms with E-state index >= 15 is 0 Å². The van der Waals surface area contributed by atoms with Crippen LogP contribution in [0.15, 0.2) is 12.1 Å². The predicted octanol–water partition coefficient (Wildman–Crippen LogP) is 2.92. The molecule has 0 aliphatic rings.